The molecule has 1 amide bonds. The Morgan fingerprint density at radius 1 is 1.16 bits per heavy atom. The summed E-state index contributed by atoms with van der Waals surface area (Å²) < 4.78 is 7.17. The normalized spacial score (nSPS) is 19.8. The Kier molecular flexibility index (Phi) is 6.96. The number of aromatic nitrogens is 1. The number of amides is 1. The summed E-state index contributed by atoms with van der Waals surface area (Å²) in [5, 5.41) is 6.98. The highest BCUT2D eigenvalue weighted by atomic mass is 35.5. The smallest absolute Gasteiger partial charge is 0.309 e. The minimum atomic E-state index is -0.175. The largest absolute Gasteiger partial charge is 0.466 e. The lowest BCUT2D eigenvalue weighted by molar-refractivity contribution is -0.149. The number of rotatable bonds is 6. The lowest BCUT2D eigenvalue weighted by Crippen LogP contribution is -2.43. The second-order valence-electron chi connectivity index (χ2n) is 8.33. The number of hydrogen-bond acceptors (Lipinski definition) is 5. The maximum Gasteiger partial charge on any atom is 0.309 e. The van der Waals surface area contributed by atoms with Gasteiger partial charge in [0.2, 0.25) is 0 Å². The predicted octanol–water partition coefficient (Wildman–Crippen LogP) is 3.63. The zero-order valence-corrected chi connectivity index (χ0v) is 19.3. The fourth-order valence-electron chi connectivity index (χ4n) is 4.50. The van der Waals surface area contributed by atoms with Gasteiger partial charge in [0.15, 0.2) is 0 Å². The molecule has 7 nitrogen and oxygen atoms in total. The minimum Gasteiger partial charge on any atom is -0.466 e. The molecule has 2 aliphatic rings. The number of likely N-dealkylation sites (tertiary alicyclic amines) is 1. The third kappa shape index (κ3) is 4.74. The minimum absolute atomic E-state index is 0.0483. The molecule has 0 saturated carbocycles. The zero-order chi connectivity index (χ0) is 22.7. The molecule has 2 aromatic rings. The standard InChI is InChI=1S/C24H29ClN4O3/c1-3-32-24(31)17-10-13-28(14-11-17)16-23(30)29-22(21-9-6-12-27(21)2)15-20(26-29)18-7-4-5-8-19(18)25/h4-9,12,17,22H,3,10-11,13-16H2,1-2H3/t22-/m0/s1. The molecule has 1 atom stereocenters. The SMILES string of the molecule is CCOC(=O)C1CCN(CC(=O)N2N=C(c3ccccc3Cl)C[C@H]2c2cccn2C)CC1. The third-order valence-corrected chi connectivity index (χ3v) is 6.57. The van der Waals surface area contributed by atoms with Gasteiger partial charge in [-0.15, -0.1) is 0 Å². The molecule has 170 valence electrons. The van der Waals surface area contributed by atoms with Gasteiger partial charge in [0.1, 0.15) is 6.04 Å². The van der Waals surface area contributed by atoms with Crippen molar-refractivity contribution in [3.63, 3.8) is 0 Å². The van der Waals surface area contributed by atoms with Crippen molar-refractivity contribution in [3.05, 3.63) is 58.9 Å². The molecule has 1 fully saturated rings. The average molecular weight is 457 g/mol. The Morgan fingerprint density at radius 3 is 2.56 bits per heavy atom. The molecular weight excluding hydrogens is 428 g/mol. The topological polar surface area (TPSA) is 67.1 Å². The van der Waals surface area contributed by atoms with Crippen molar-refractivity contribution in [2.24, 2.45) is 18.1 Å². The van der Waals surface area contributed by atoms with Crippen LogP contribution in [0, 0.1) is 5.92 Å². The Labute approximate surface area is 193 Å². The van der Waals surface area contributed by atoms with Gasteiger partial charge in [0, 0.05) is 35.9 Å². The number of halogens is 1. The number of hydrazone groups is 1. The molecule has 0 radical (unpaired) electrons. The molecule has 2 aliphatic heterocycles. The molecule has 1 aromatic carbocycles. The molecule has 0 unspecified atom stereocenters. The molecule has 8 heteroatoms. The fourth-order valence-corrected chi connectivity index (χ4v) is 4.74. The monoisotopic (exact) mass is 456 g/mol. The van der Waals surface area contributed by atoms with E-state index in [1.165, 1.54) is 0 Å². The second kappa shape index (κ2) is 9.88. The van der Waals surface area contributed by atoms with Crippen LogP contribution in [0.5, 0.6) is 0 Å². The lowest BCUT2D eigenvalue weighted by atomic mass is 9.97. The Bertz CT molecular complexity index is 1010. The first kappa shape index (κ1) is 22.6. The third-order valence-electron chi connectivity index (χ3n) is 6.24. The van der Waals surface area contributed by atoms with E-state index in [0.29, 0.717) is 44.0 Å². The average Bonchev–Trinajstić information content (AvgIpc) is 3.41. The van der Waals surface area contributed by atoms with Gasteiger partial charge in [-0.25, -0.2) is 5.01 Å². The highest BCUT2D eigenvalue weighted by Gasteiger charge is 2.36. The quantitative estimate of drug-likeness (QED) is 0.622. The number of aryl methyl sites for hydroxylation is 1. The Hall–Kier alpha value is -2.64. The zero-order valence-electron chi connectivity index (χ0n) is 18.5. The van der Waals surface area contributed by atoms with Crippen molar-refractivity contribution >= 4 is 29.2 Å². The Morgan fingerprint density at radius 2 is 1.91 bits per heavy atom. The van der Waals surface area contributed by atoms with Crippen LogP contribution in [0.2, 0.25) is 5.02 Å². The summed E-state index contributed by atoms with van der Waals surface area (Å²) in [5.74, 6) is -0.252. The van der Waals surface area contributed by atoms with Crippen molar-refractivity contribution in [1.82, 2.24) is 14.5 Å². The van der Waals surface area contributed by atoms with Gasteiger partial charge in [-0.3, -0.25) is 14.5 Å². The maximum atomic E-state index is 13.4. The van der Waals surface area contributed by atoms with Gasteiger partial charge in [-0.1, -0.05) is 29.8 Å². The number of nitrogens with zero attached hydrogens (tertiary/aromatic N) is 4. The second-order valence-corrected chi connectivity index (χ2v) is 8.74. The van der Waals surface area contributed by atoms with Gasteiger partial charge >= 0.3 is 5.97 Å². The number of carbonyl (C=O) groups excluding carboxylic acids is 2. The fraction of sp³-hybridized carbons (Fsp3) is 0.458. The van der Waals surface area contributed by atoms with Gasteiger partial charge < -0.3 is 9.30 Å². The molecule has 1 saturated heterocycles. The van der Waals surface area contributed by atoms with Crippen LogP contribution in [-0.2, 0) is 21.4 Å². The number of esters is 1. The van der Waals surface area contributed by atoms with Crippen LogP contribution in [0.15, 0.2) is 47.7 Å². The van der Waals surface area contributed by atoms with Crippen molar-refractivity contribution in [3.8, 4) is 0 Å². The van der Waals surface area contributed by atoms with E-state index in [1.54, 1.807) is 5.01 Å². The molecule has 0 bridgehead atoms. The number of benzene rings is 1. The van der Waals surface area contributed by atoms with Crippen LogP contribution >= 0.6 is 11.6 Å². The van der Waals surface area contributed by atoms with E-state index in [4.69, 9.17) is 21.4 Å². The molecule has 3 heterocycles. The number of carbonyl (C=O) groups is 2. The van der Waals surface area contributed by atoms with E-state index < -0.39 is 0 Å². The lowest BCUT2D eigenvalue weighted by Gasteiger charge is -2.31. The molecule has 0 spiro atoms. The molecule has 1 aromatic heterocycles. The van der Waals surface area contributed by atoms with Crippen molar-refractivity contribution < 1.29 is 14.3 Å². The summed E-state index contributed by atoms with van der Waals surface area (Å²) in [6.07, 6.45) is 4.01. The first-order chi connectivity index (χ1) is 15.5. The van der Waals surface area contributed by atoms with Crippen molar-refractivity contribution in [1.29, 1.82) is 0 Å². The molecule has 4 rings (SSSR count). The number of hydrogen-bond donors (Lipinski definition) is 0. The Balaban J connectivity index is 1.49. The van der Waals surface area contributed by atoms with E-state index in [9.17, 15) is 9.59 Å². The highest BCUT2D eigenvalue weighted by molar-refractivity contribution is 6.34. The summed E-state index contributed by atoms with van der Waals surface area (Å²) in [5.41, 5.74) is 2.71. The summed E-state index contributed by atoms with van der Waals surface area (Å²) in [6.45, 7) is 3.88. The molecule has 0 N–H and O–H groups in total. The summed E-state index contributed by atoms with van der Waals surface area (Å²) in [6, 6.07) is 11.4. The van der Waals surface area contributed by atoms with Crippen LogP contribution in [0.25, 0.3) is 0 Å². The van der Waals surface area contributed by atoms with E-state index in [1.807, 2.05) is 61.1 Å². The number of piperidine rings is 1. The summed E-state index contributed by atoms with van der Waals surface area (Å²) >= 11 is 6.42. The van der Waals surface area contributed by atoms with Crippen LogP contribution in [0.4, 0.5) is 0 Å². The molecule has 0 aliphatic carbocycles. The first-order valence-electron chi connectivity index (χ1n) is 11.1. The van der Waals surface area contributed by atoms with Gasteiger partial charge in [-0.2, -0.15) is 5.10 Å². The number of ether oxygens (including phenoxy) is 1. The van der Waals surface area contributed by atoms with Crippen LogP contribution < -0.4 is 0 Å². The maximum absolute atomic E-state index is 13.4. The summed E-state index contributed by atoms with van der Waals surface area (Å²) in [4.78, 5) is 27.4. The predicted molar refractivity (Wildman–Crippen MR) is 123 cm³/mol. The van der Waals surface area contributed by atoms with Crippen LogP contribution in [-0.4, -0.2) is 58.3 Å². The van der Waals surface area contributed by atoms with Crippen LogP contribution in [0.1, 0.15) is 43.5 Å². The van der Waals surface area contributed by atoms with Gasteiger partial charge in [0.25, 0.3) is 5.91 Å². The van der Waals surface area contributed by atoms with Crippen molar-refractivity contribution in [2.45, 2.75) is 32.2 Å². The highest BCUT2D eigenvalue weighted by Crippen LogP contribution is 2.34. The van der Waals surface area contributed by atoms with E-state index in [0.717, 1.165) is 17.0 Å². The van der Waals surface area contributed by atoms with Crippen molar-refractivity contribution in [2.75, 3.05) is 26.2 Å². The summed E-state index contributed by atoms with van der Waals surface area (Å²) in [7, 11) is 1.98. The van der Waals surface area contributed by atoms with E-state index in [-0.39, 0.29) is 30.4 Å². The van der Waals surface area contributed by atoms with E-state index in [2.05, 4.69) is 4.90 Å². The van der Waals surface area contributed by atoms with Gasteiger partial charge in [0.05, 0.1) is 24.8 Å². The van der Waals surface area contributed by atoms with E-state index >= 15 is 0 Å². The molecular formula is C24H29ClN4O3. The van der Waals surface area contributed by atoms with Crippen LogP contribution in [0.3, 0.4) is 0 Å². The molecule has 32 heavy (non-hydrogen) atoms. The first-order valence-corrected chi connectivity index (χ1v) is 11.5. The van der Waals surface area contributed by atoms with Gasteiger partial charge in [-0.05, 0) is 51.1 Å².